The van der Waals surface area contributed by atoms with Gasteiger partial charge in [-0.2, -0.15) is 0 Å². The molecule has 0 radical (unpaired) electrons. The predicted molar refractivity (Wildman–Crippen MR) is 95.0 cm³/mol. The summed E-state index contributed by atoms with van der Waals surface area (Å²) in [4.78, 5) is 13.1. The molecule has 0 aromatic rings. The molecular weight excluding hydrogens is 262 g/mol. The lowest BCUT2D eigenvalue weighted by Crippen LogP contribution is -2.12. The van der Waals surface area contributed by atoms with E-state index in [0.717, 1.165) is 12.8 Å². The van der Waals surface area contributed by atoms with Gasteiger partial charge in [0.25, 0.3) is 0 Å². The fourth-order valence-corrected chi connectivity index (χ4v) is 2.57. The maximum absolute atomic E-state index is 10.8. The average molecular weight is 304 g/mol. The van der Waals surface area contributed by atoms with Crippen LogP contribution in [0.15, 0.2) is 0 Å². The van der Waals surface area contributed by atoms with Gasteiger partial charge in [0.15, 0.2) is 0 Å². The van der Waals surface area contributed by atoms with Gasteiger partial charge in [-0.3, -0.25) is 0 Å². The van der Waals surface area contributed by atoms with Crippen molar-refractivity contribution in [2.45, 2.75) is 90.4 Å². The van der Waals surface area contributed by atoms with Crippen LogP contribution in [0.1, 0.15) is 91.8 Å². The van der Waals surface area contributed by atoms with Crippen molar-refractivity contribution in [3.05, 3.63) is 0 Å². The van der Waals surface area contributed by atoms with E-state index in [9.17, 15) is 4.79 Å². The summed E-state index contributed by atoms with van der Waals surface area (Å²) in [6.07, 6.45) is 17.0. The molecule has 21 heavy (non-hydrogen) atoms. The highest BCUT2D eigenvalue weighted by atomic mass is 16.1. The Labute approximate surface area is 134 Å². The summed E-state index contributed by atoms with van der Waals surface area (Å²) in [5.41, 5.74) is 0. The summed E-state index contributed by atoms with van der Waals surface area (Å²) in [5.74, 6) is 0.343. The molecule has 0 aliphatic carbocycles. The van der Waals surface area contributed by atoms with Crippen LogP contribution in [-0.2, 0) is 4.79 Å². The molecule has 0 saturated heterocycles. The third-order valence-electron chi connectivity index (χ3n) is 3.88. The van der Waals surface area contributed by atoms with Crippen molar-refractivity contribution < 1.29 is 11.7 Å². The Morgan fingerprint density at radius 2 is 1.05 bits per heavy atom. The highest BCUT2D eigenvalue weighted by molar-refractivity contribution is 5.75. The second-order valence-electron chi connectivity index (χ2n) is 6.50. The van der Waals surface area contributed by atoms with Gasteiger partial charge in [-0.25, -0.2) is 0 Å². The normalized spacial score (nSPS) is 10.7. The molecule has 0 saturated carbocycles. The maximum Gasteiger partial charge on any atom is 0.129 e. The zero-order valence-corrected chi connectivity index (χ0v) is 14.8. The van der Waals surface area contributed by atoms with E-state index in [-0.39, 0.29) is 6.90 Å². The molecule has 0 atom stereocenters. The van der Waals surface area contributed by atoms with E-state index in [0.29, 0.717) is 5.78 Å². The quantitative estimate of drug-likeness (QED) is 0.414. The zero-order valence-electron chi connectivity index (χ0n) is 14.8. The standard InChI is InChI=1S/C18H37NO.H2O.H2/c1-18(20)16-14-12-10-8-6-4-5-7-9-11-13-15-17-19(2)3;;/h4-17H2,1-3H3;1H2;1H. The van der Waals surface area contributed by atoms with Crippen molar-refractivity contribution in [1.29, 1.82) is 0 Å². The molecule has 0 aromatic heterocycles. The number of nitrogens with zero attached hydrogens (tertiary/aromatic N) is 1. The summed E-state index contributed by atoms with van der Waals surface area (Å²) in [5, 5.41) is 0. The first-order valence-corrected chi connectivity index (χ1v) is 8.77. The Bertz CT molecular complexity index is 223. The summed E-state index contributed by atoms with van der Waals surface area (Å²) in [6, 6.07) is 0. The van der Waals surface area contributed by atoms with E-state index in [1.54, 1.807) is 6.92 Å². The van der Waals surface area contributed by atoms with Crippen LogP contribution in [-0.4, -0.2) is 36.8 Å². The molecule has 0 heterocycles. The van der Waals surface area contributed by atoms with Gasteiger partial charge < -0.3 is 15.2 Å². The number of unbranched alkanes of at least 4 members (excludes halogenated alkanes) is 11. The first-order chi connectivity index (χ1) is 9.63. The molecular formula is C18H41NO2. The fraction of sp³-hybridized carbons (Fsp3) is 0.944. The molecule has 130 valence electrons. The number of ketones is 1. The minimum absolute atomic E-state index is 0. The van der Waals surface area contributed by atoms with E-state index in [2.05, 4.69) is 19.0 Å². The molecule has 3 nitrogen and oxygen atoms in total. The van der Waals surface area contributed by atoms with Gasteiger partial charge in [0.2, 0.25) is 0 Å². The predicted octanol–water partition coefficient (Wildman–Crippen LogP) is 4.63. The van der Waals surface area contributed by atoms with Crippen LogP contribution in [0.2, 0.25) is 0 Å². The molecule has 0 unspecified atom stereocenters. The van der Waals surface area contributed by atoms with E-state index >= 15 is 0 Å². The Balaban J connectivity index is -0.00000180. The maximum atomic E-state index is 10.8. The third kappa shape index (κ3) is 22.0. The van der Waals surface area contributed by atoms with Crippen LogP contribution in [0.4, 0.5) is 0 Å². The molecule has 0 spiro atoms. The van der Waals surface area contributed by atoms with Gasteiger partial charge in [-0.15, -0.1) is 0 Å². The van der Waals surface area contributed by atoms with Crippen LogP contribution in [0, 0.1) is 0 Å². The van der Waals surface area contributed by atoms with Gasteiger partial charge >= 0.3 is 0 Å². The van der Waals surface area contributed by atoms with E-state index in [1.807, 2.05) is 0 Å². The Hall–Kier alpha value is -0.410. The lowest BCUT2D eigenvalue weighted by molar-refractivity contribution is -0.117. The van der Waals surface area contributed by atoms with E-state index in [4.69, 9.17) is 0 Å². The second kappa shape index (κ2) is 17.6. The topological polar surface area (TPSA) is 51.8 Å². The van der Waals surface area contributed by atoms with Gasteiger partial charge in [0.05, 0.1) is 0 Å². The number of Topliss-reactive ketones (excluding diaryl/α,β-unsaturated/α-hetero) is 1. The molecule has 0 aliphatic heterocycles. The van der Waals surface area contributed by atoms with Crippen molar-refractivity contribution in [1.82, 2.24) is 4.90 Å². The van der Waals surface area contributed by atoms with Crippen LogP contribution >= 0.6 is 0 Å². The van der Waals surface area contributed by atoms with Gasteiger partial charge in [-0.05, 0) is 40.4 Å². The first kappa shape index (κ1) is 22.9. The van der Waals surface area contributed by atoms with Crippen molar-refractivity contribution in [2.24, 2.45) is 0 Å². The number of carbonyl (C=O) groups is 1. The van der Waals surface area contributed by atoms with Crippen molar-refractivity contribution in [3.63, 3.8) is 0 Å². The van der Waals surface area contributed by atoms with E-state index < -0.39 is 0 Å². The Kier molecular flexibility index (Phi) is 19.2. The van der Waals surface area contributed by atoms with E-state index in [1.165, 1.54) is 77.2 Å². The first-order valence-electron chi connectivity index (χ1n) is 8.77. The number of rotatable bonds is 15. The summed E-state index contributed by atoms with van der Waals surface area (Å²) in [6.45, 7) is 2.93. The largest absolute Gasteiger partial charge is 0.412 e. The highest BCUT2D eigenvalue weighted by Gasteiger charge is 1.96. The second-order valence-corrected chi connectivity index (χ2v) is 6.50. The van der Waals surface area contributed by atoms with Gasteiger partial charge in [0.1, 0.15) is 5.78 Å². The Morgan fingerprint density at radius 3 is 1.38 bits per heavy atom. The molecule has 0 aromatic carbocycles. The smallest absolute Gasteiger partial charge is 0.129 e. The summed E-state index contributed by atoms with van der Waals surface area (Å²) >= 11 is 0. The van der Waals surface area contributed by atoms with Crippen LogP contribution in [0.5, 0.6) is 0 Å². The number of hydrogen-bond donors (Lipinski definition) is 0. The van der Waals surface area contributed by atoms with Crippen LogP contribution < -0.4 is 0 Å². The molecule has 0 rings (SSSR count). The van der Waals surface area contributed by atoms with Crippen molar-refractivity contribution in [2.75, 3.05) is 20.6 Å². The molecule has 0 aliphatic rings. The average Bonchev–Trinajstić information content (AvgIpc) is 2.38. The zero-order chi connectivity index (χ0) is 15.1. The van der Waals surface area contributed by atoms with Gasteiger partial charge in [-0.1, -0.05) is 64.2 Å². The molecule has 0 fully saturated rings. The summed E-state index contributed by atoms with van der Waals surface area (Å²) in [7, 11) is 4.31. The van der Waals surface area contributed by atoms with Crippen LogP contribution in [0.25, 0.3) is 0 Å². The monoisotopic (exact) mass is 303 g/mol. The fourth-order valence-electron chi connectivity index (χ4n) is 2.57. The lowest BCUT2D eigenvalue weighted by atomic mass is 10.0. The number of hydrogen-bond acceptors (Lipinski definition) is 2. The van der Waals surface area contributed by atoms with Gasteiger partial charge in [0, 0.05) is 7.85 Å². The van der Waals surface area contributed by atoms with Crippen LogP contribution in [0.3, 0.4) is 0 Å². The SMILES string of the molecule is CC(=O)CCCCCCCCCCCCCCN(C)C.O.[HH]. The van der Waals surface area contributed by atoms with Crippen molar-refractivity contribution in [3.8, 4) is 0 Å². The highest BCUT2D eigenvalue weighted by Crippen LogP contribution is 2.12. The minimum Gasteiger partial charge on any atom is -0.412 e. The molecule has 2 N–H and O–H groups in total. The minimum atomic E-state index is 0. The van der Waals surface area contributed by atoms with Crippen molar-refractivity contribution >= 4 is 5.78 Å². The lowest BCUT2D eigenvalue weighted by Gasteiger charge is -2.08. The summed E-state index contributed by atoms with van der Waals surface area (Å²) < 4.78 is 0. The molecule has 0 bridgehead atoms. The number of carbonyl (C=O) groups excluding carboxylic acids is 1. The molecule has 0 amide bonds. The third-order valence-corrected chi connectivity index (χ3v) is 3.88. The Morgan fingerprint density at radius 1 is 0.714 bits per heavy atom. The molecule has 3 heteroatoms.